The quantitative estimate of drug-likeness (QED) is 0.450. The summed E-state index contributed by atoms with van der Waals surface area (Å²) < 4.78 is 5.86. The lowest BCUT2D eigenvalue weighted by molar-refractivity contribution is -0.162. The Labute approximate surface area is 205 Å². The van der Waals surface area contributed by atoms with Gasteiger partial charge < -0.3 is 25.2 Å². The van der Waals surface area contributed by atoms with Crippen LogP contribution >= 0.6 is 0 Å². The summed E-state index contributed by atoms with van der Waals surface area (Å²) in [5.41, 5.74) is -0.345. The summed E-state index contributed by atoms with van der Waals surface area (Å²) in [7, 11) is 0. The second kappa shape index (κ2) is 9.32. The zero-order valence-corrected chi connectivity index (χ0v) is 22.0. The monoisotopic (exact) mass is 480 g/mol. The van der Waals surface area contributed by atoms with Crippen LogP contribution in [0.1, 0.15) is 80.1 Å². The van der Waals surface area contributed by atoms with Gasteiger partial charge in [0, 0.05) is 0 Å². The molecule has 1 aliphatic heterocycles. The third-order valence-corrected chi connectivity index (χ3v) is 11.5. The first kappa shape index (κ1) is 26.4. The number of aliphatic hydroxyl groups excluding tert-OH is 4. The third-order valence-electron chi connectivity index (χ3n) is 11.5. The van der Waals surface area contributed by atoms with E-state index in [1.165, 1.54) is 0 Å². The second-order valence-electron chi connectivity index (χ2n) is 13.3. The van der Waals surface area contributed by atoms with E-state index in [0.717, 1.165) is 25.7 Å². The number of carbonyl (C=O) groups is 1. The Morgan fingerprint density at radius 3 is 2.21 bits per heavy atom. The Morgan fingerprint density at radius 1 is 0.912 bits per heavy atom. The summed E-state index contributed by atoms with van der Waals surface area (Å²) in [6.45, 7) is 13.2. The molecule has 4 rings (SSSR count). The number of carbonyl (C=O) groups excluding carboxylic acids is 1. The van der Waals surface area contributed by atoms with Crippen molar-refractivity contribution in [3.8, 4) is 0 Å². The molecular formula is C28H48O6. The van der Waals surface area contributed by atoms with Gasteiger partial charge in [-0.2, -0.15) is 0 Å². The van der Waals surface area contributed by atoms with Crippen molar-refractivity contribution in [3.63, 3.8) is 0 Å². The lowest BCUT2D eigenvalue weighted by Crippen LogP contribution is -2.55. The fourth-order valence-electron chi connectivity index (χ4n) is 8.95. The van der Waals surface area contributed by atoms with Crippen LogP contribution in [0.25, 0.3) is 0 Å². The molecule has 0 amide bonds. The summed E-state index contributed by atoms with van der Waals surface area (Å²) in [5.74, 6) is 0.948. The van der Waals surface area contributed by atoms with Gasteiger partial charge in [-0.1, -0.05) is 41.5 Å². The maximum atomic E-state index is 13.0. The van der Waals surface area contributed by atoms with Gasteiger partial charge in [0.2, 0.25) is 0 Å². The minimum atomic E-state index is -0.867. The smallest absolute Gasteiger partial charge is 0.309 e. The van der Waals surface area contributed by atoms with Gasteiger partial charge in [0.05, 0.1) is 36.9 Å². The second-order valence-corrected chi connectivity index (χ2v) is 13.3. The molecule has 6 nitrogen and oxygen atoms in total. The number of rotatable bonds is 5. The van der Waals surface area contributed by atoms with Crippen LogP contribution in [0.5, 0.6) is 0 Å². The predicted molar refractivity (Wildman–Crippen MR) is 130 cm³/mol. The zero-order valence-electron chi connectivity index (χ0n) is 22.0. The molecule has 0 bridgehead atoms. The van der Waals surface area contributed by atoms with E-state index < -0.39 is 24.4 Å². The maximum absolute atomic E-state index is 13.0. The van der Waals surface area contributed by atoms with Crippen LogP contribution in [0, 0.1) is 58.2 Å². The molecule has 196 valence electrons. The van der Waals surface area contributed by atoms with Crippen LogP contribution in [0.15, 0.2) is 0 Å². The molecule has 3 saturated carbocycles. The fraction of sp³-hybridized carbons (Fsp3) is 0.964. The van der Waals surface area contributed by atoms with E-state index in [9.17, 15) is 25.2 Å². The molecule has 1 saturated heterocycles. The minimum Gasteiger partial charge on any atom is -0.465 e. The topological polar surface area (TPSA) is 107 Å². The summed E-state index contributed by atoms with van der Waals surface area (Å²) in [6, 6.07) is 0. The van der Waals surface area contributed by atoms with Gasteiger partial charge in [-0.05, 0) is 90.8 Å². The molecule has 4 aliphatic rings. The van der Waals surface area contributed by atoms with Crippen molar-refractivity contribution in [1.29, 1.82) is 0 Å². The van der Waals surface area contributed by atoms with E-state index in [1.54, 1.807) is 0 Å². The highest BCUT2D eigenvalue weighted by molar-refractivity contribution is 5.74. The molecule has 13 atom stereocenters. The Balaban J connectivity index is 1.58. The molecule has 1 heterocycles. The minimum absolute atomic E-state index is 0.00827. The van der Waals surface area contributed by atoms with E-state index >= 15 is 0 Å². The Kier molecular flexibility index (Phi) is 7.23. The van der Waals surface area contributed by atoms with E-state index in [1.807, 2.05) is 6.92 Å². The summed E-state index contributed by atoms with van der Waals surface area (Å²) in [6.07, 6.45) is 1.61. The number of cyclic esters (lactones) is 1. The van der Waals surface area contributed by atoms with E-state index in [-0.39, 0.29) is 52.8 Å². The van der Waals surface area contributed by atoms with Gasteiger partial charge in [0.15, 0.2) is 0 Å². The first-order valence-electron chi connectivity index (χ1n) is 13.7. The van der Waals surface area contributed by atoms with E-state index in [2.05, 4.69) is 34.6 Å². The molecule has 4 fully saturated rings. The van der Waals surface area contributed by atoms with Crippen molar-refractivity contribution >= 4 is 5.97 Å². The molecule has 6 heteroatoms. The van der Waals surface area contributed by atoms with Gasteiger partial charge in [-0.25, -0.2) is 0 Å². The highest BCUT2D eigenvalue weighted by Crippen LogP contribution is 2.66. The van der Waals surface area contributed by atoms with Gasteiger partial charge in [-0.3, -0.25) is 4.79 Å². The number of hydrogen-bond acceptors (Lipinski definition) is 6. The first-order chi connectivity index (χ1) is 15.8. The van der Waals surface area contributed by atoms with Crippen LogP contribution in [-0.2, 0) is 9.53 Å². The maximum Gasteiger partial charge on any atom is 0.309 e. The molecule has 3 aliphatic carbocycles. The first-order valence-corrected chi connectivity index (χ1v) is 13.7. The molecule has 0 spiro atoms. The van der Waals surface area contributed by atoms with Crippen molar-refractivity contribution < 1.29 is 30.0 Å². The number of hydrogen-bond donors (Lipinski definition) is 4. The van der Waals surface area contributed by atoms with Gasteiger partial charge in [0.1, 0.15) is 0 Å². The largest absolute Gasteiger partial charge is 0.465 e. The lowest BCUT2D eigenvalue weighted by atomic mass is 9.48. The number of fused-ring (bicyclic) bond motifs is 5. The molecular weight excluding hydrogens is 432 g/mol. The molecule has 34 heavy (non-hydrogen) atoms. The number of aliphatic hydroxyl groups is 4. The van der Waals surface area contributed by atoms with Gasteiger partial charge in [-0.15, -0.1) is 0 Å². The Hall–Kier alpha value is -0.690. The highest BCUT2D eigenvalue weighted by atomic mass is 16.5. The standard InChI is InChI=1S/C28H48O6/c1-14(2)15(3)24(31)25(32)16(4)18-7-8-19-17-13-34-26(33)21-11-22(29)23(30)12-28(21,6)20(17)9-10-27(18,19)5/h14-25,29-32H,7-13H2,1-6H3/t15-,16+,17?,18?,19?,20?,21?,22+,23-,24-,25-,27-,28-/m1/s1. The summed E-state index contributed by atoms with van der Waals surface area (Å²) >= 11 is 0. The van der Waals surface area contributed by atoms with Crippen LogP contribution in [0.2, 0.25) is 0 Å². The molecule has 0 aromatic rings. The summed E-state index contributed by atoms with van der Waals surface area (Å²) in [5, 5.41) is 42.9. The lowest BCUT2D eigenvalue weighted by Gasteiger charge is -2.56. The average molecular weight is 481 g/mol. The van der Waals surface area contributed by atoms with E-state index in [4.69, 9.17) is 4.74 Å². The van der Waals surface area contributed by atoms with Gasteiger partial charge >= 0.3 is 5.97 Å². The van der Waals surface area contributed by atoms with Crippen molar-refractivity contribution in [1.82, 2.24) is 0 Å². The molecule has 4 N–H and O–H groups in total. The summed E-state index contributed by atoms with van der Waals surface area (Å²) in [4.78, 5) is 13.0. The van der Waals surface area contributed by atoms with Crippen molar-refractivity contribution in [3.05, 3.63) is 0 Å². The van der Waals surface area contributed by atoms with Gasteiger partial charge in [0.25, 0.3) is 0 Å². The number of esters is 1. The molecule has 0 aromatic heterocycles. The predicted octanol–water partition coefficient (Wildman–Crippen LogP) is 3.39. The highest BCUT2D eigenvalue weighted by Gasteiger charge is 2.63. The molecule has 0 radical (unpaired) electrons. The third kappa shape index (κ3) is 4.05. The van der Waals surface area contributed by atoms with E-state index in [0.29, 0.717) is 30.8 Å². The fourth-order valence-corrected chi connectivity index (χ4v) is 8.95. The van der Waals surface area contributed by atoms with Crippen LogP contribution < -0.4 is 0 Å². The SMILES string of the molecule is CC(C)[C@@H](C)[C@@H](O)[C@H](O)[C@@H](C)C1CCC2C3COC(=O)C4C[C@H](O)[C@H](O)C[C@]4(C)C3CC[C@@]21C. The van der Waals surface area contributed by atoms with Crippen LogP contribution in [-0.4, -0.2) is 57.4 Å². The zero-order chi connectivity index (χ0) is 25.2. The number of ether oxygens (including phenoxy) is 1. The van der Waals surface area contributed by atoms with Crippen molar-refractivity contribution in [2.75, 3.05) is 6.61 Å². The molecule has 5 unspecified atom stereocenters. The Bertz CT molecular complexity index is 755. The normalized spacial score (nSPS) is 48.1. The van der Waals surface area contributed by atoms with Crippen molar-refractivity contribution in [2.45, 2.75) is 104 Å². The van der Waals surface area contributed by atoms with Crippen molar-refractivity contribution in [2.24, 2.45) is 58.2 Å². The average Bonchev–Trinajstić information content (AvgIpc) is 3.09. The Morgan fingerprint density at radius 2 is 1.56 bits per heavy atom. The van der Waals surface area contributed by atoms with Crippen LogP contribution in [0.4, 0.5) is 0 Å². The molecule has 0 aromatic carbocycles. The van der Waals surface area contributed by atoms with Crippen LogP contribution in [0.3, 0.4) is 0 Å².